The smallest absolute Gasteiger partial charge is 0.229 e. The molecular weight excluding hydrogens is 398 g/mol. The summed E-state index contributed by atoms with van der Waals surface area (Å²) in [4.78, 5) is 9.16. The summed E-state index contributed by atoms with van der Waals surface area (Å²) in [7, 11) is 0. The van der Waals surface area contributed by atoms with E-state index in [0.29, 0.717) is 28.4 Å². The third-order valence-corrected chi connectivity index (χ3v) is 4.89. The number of benzene rings is 3. The molecule has 28 heavy (non-hydrogen) atoms. The van der Waals surface area contributed by atoms with Crippen molar-refractivity contribution in [1.82, 2.24) is 9.97 Å². The zero-order chi connectivity index (χ0) is 19.5. The average molecular weight is 413 g/mol. The van der Waals surface area contributed by atoms with Crippen molar-refractivity contribution in [2.75, 3.05) is 10.6 Å². The molecule has 4 aromatic rings. The van der Waals surface area contributed by atoms with E-state index in [-0.39, 0.29) is 5.82 Å². The minimum Gasteiger partial charge on any atom is -0.365 e. The van der Waals surface area contributed by atoms with Crippen molar-refractivity contribution < 1.29 is 4.39 Å². The highest BCUT2D eigenvalue weighted by Gasteiger charge is 2.09. The number of nitrogens with one attached hydrogen (secondary N) is 2. The third kappa shape index (κ3) is 4.16. The molecule has 0 unspecified atom stereocenters. The van der Waals surface area contributed by atoms with Gasteiger partial charge in [-0.3, -0.25) is 0 Å². The van der Waals surface area contributed by atoms with Gasteiger partial charge in [-0.05, 0) is 48.0 Å². The molecule has 3 aromatic carbocycles. The van der Waals surface area contributed by atoms with Gasteiger partial charge in [-0.15, -0.1) is 0 Å². The number of fused-ring (bicyclic) bond motifs is 1. The Morgan fingerprint density at radius 2 is 1.64 bits per heavy atom. The molecular formula is C21H15Cl2FN4. The van der Waals surface area contributed by atoms with Crippen LogP contribution in [0.25, 0.3) is 10.9 Å². The summed E-state index contributed by atoms with van der Waals surface area (Å²) >= 11 is 12.1. The molecule has 0 spiro atoms. The zero-order valence-electron chi connectivity index (χ0n) is 14.6. The predicted molar refractivity (Wildman–Crippen MR) is 113 cm³/mol. The topological polar surface area (TPSA) is 49.8 Å². The average Bonchev–Trinajstić information content (AvgIpc) is 2.70. The van der Waals surface area contributed by atoms with Crippen LogP contribution in [0.15, 0.2) is 66.7 Å². The van der Waals surface area contributed by atoms with E-state index in [1.54, 1.807) is 30.3 Å². The van der Waals surface area contributed by atoms with E-state index in [1.165, 1.54) is 12.1 Å². The number of aromatic nitrogens is 2. The van der Waals surface area contributed by atoms with Crippen molar-refractivity contribution in [1.29, 1.82) is 0 Å². The first-order chi connectivity index (χ1) is 13.6. The molecule has 0 radical (unpaired) electrons. The van der Waals surface area contributed by atoms with Crippen LogP contribution in [0.4, 0.5) is 21.8 Å². The molecule has 0 aliphatic heterocycles. The van der Waals surface area contributed by atoms with Crippen LogP contribution in [0.3, 0.4) is 0 Å². The maximum absolute atomic E-state index is 13.1. The standard InChI is InChI=1S/C21H15Cl2FN4/c22-17-10-9-15(11-18(17)23)26-21-27-19-4-2-1-3-16(19)20(28-21)25-12-13-5-7-14(24)8-6-13/h1-11H,12H2,(H2,25,26,27,28). The zero-order valence-corrected chi connectivity index (χ0v) is 16.1. The number of halogens is 3. The fraction of sp³-hybridized carbons (Fsp3) is 0.0476. The number of para-hydroxylation sites is 1. The second-order valence-corrected chi connectivity index (χ2v) is 6.96. The van der Waals surface area contributed by atoms with Gasteiger partial charge in [0.05, 0.1) is 15.6 Å². The Morgan fingerprint density at radius 3 is 2.43 bits per heavy atom. The Kier molecular flexibility index (Phi) is 5.28. The molecule has 7 heteroatoms. The van der Waals surface area contributed by atoms with Gasteiger partial charge in [0.2, 0.25) is 5.95 Å². The number of nitrogens with zero attached hydrogens (tertiary/aromatic N) is 2. The Morgan fingerprint density at radius 1 is 0.857 bits per heavy atom. The van der Waals surface area contributed by atoms with Crippen molar-refractivity contribution in [3.8, 4) is 0 Å². The number of hydrogen-bond donors (Lipinski definition) is 2. The number of anilines is 3. The third-order valence-electron chi connectivity index (χ3n) is 4.15. The van der Waals surface area contributed by atoms with E-state index in [2.05, 4.69) is 20.6 Å². The molecule has 0 atom stereocenters. The molecule has 0 saturated heterocycles. The first-order valence-electron chi connectivity index (χ1n) is 8.56. The molecule has 1 heterocycles. The predicted octanol–water partition coefficient (Wildman–Crippen LogP) is 6.43. The molecule has 0 fully saturated rings. The van der Waals surface area contributed by atoms with E-state index in [9.17, 15) is 4.39 Å². The maximum atomic E-state index is 13.1. The van der Waals surface area contributed by atoms with Crippen LogP contribution in [0.2, 0.25) is 10.0 Å². The van der Waals surface area contributed by atoms with Gasteiger partial charge >= 0.3 is 0 Å². The molecule has 140 valence electrons. The molecule has 0 aliphatic carbocycles. The van der Waals surface area contributed by atoms with Crippen LogP contribution in [0.1, 0.15) is 5.56 Å². The highest BCUT2D eigenvalue weighted by molar-refractivity contribution is 6.42. The Labute approximate surface area is 171 Å². The first kappa shape index (κ1) is 18.5. The fourth-order valence-corrected chi connectivity index (χ4v) is 3.06. The van der Waals surface area contributed by atoms with Crippen molar-refractivity contribution in [3.05, 3.63) is 88.2 Å². The van der Waals surface area contributed by atoms with E-state index < -0.39 is 0 Å². The van der Waals surface area contributed by atoms with Gasteiger partial charge in [-0.25, -0.2) is 9.37 Å². The van der Waals surface area contributed by atoms with E-state index in [0.717, 1.165) is 22.2 Å². The molecule has 2 N–H and O–H groups in total. The van der Waals surface area contributed by atoms with Gasteiger partial charge in [-0.2, -0.15) is 4.98 Å². The maximum Gasteiger partial charge on any atom is 0.229 e. The van der Waals surface area contributed by atoms with Crippen LogP contribution in [0.5, 0.6) is 0 Å². The van der Waals surface area contributed by atoms with Crippen molar-refractivity contribution in [2.45, 2.75) is 6.54 Å². The van der Waals surface area contributed by atoms with E-state index in [4.69, 9.17) is 23.2 Å². The summed E-state index contributed by atoms with van der Waals surface area (Å²) in [6, 6.07) is 19.3. The Bertz CT molecular complexity index is 1130. The van der Waals surface area contributed by atoms with Crippen LogP contribution in [0, 0.1) is 5.82 Å². The fourth-order valence-electron chi connectivity index (χ4n) is 2.76. The number of hydrogen-bond acceptors (Lipinski definition) is 4. The van der Waals surface area contributed by atoms with Crippen LogP contribution >= 0.6 is 23.2 Å². The molecule has 0 aliphatic rings. The molecule has 4 nitrogen and oxygen atoms in total. The SMILES string of the molecule is Fc1ccc(CNc2nc(Nc3ccc(Cl)c(Cl)c3)nc3ccccc23)cc1. The lowest BCUT2D eigenvalue weighted by Crippen LogP contribution is -2.05. The Balaban J connectivity index is 1.64. The highest BCUT2D eigenvalue weighted by Crippen LogP contribution is 2.28. The molecule has 4 rings (SSSR count). The summed E-state index contributed by atoms with van der Waals surface area (Å²) in [6.07, 6.45) is 0. The minimum atomic E-state index is -0.260. The highest BCUT2D eigenvalue weighted by atomic mass is 35.5. The monoisotopic (exact) mass is 412 g/mol. The second-order valence-electron chi connectivity index (χ2n) is 6.15. The Hall–Kier alpha value is -2.89. The van der Waals surface area contributed by atoms with Gasteiger partial charge in [0.1, 0.15) is 11.6 Å². The van der Waals surface area contributed by atoms with Crippen molar-refractivity contribution in [2.24, 2.45) is 0 Å². The van der Waals surface area contributed by atoms with Gasteiger partial charge in [0.25, 0.3) is 0 Å². The van der Waals surface area contributed by atoms with E-state index >= 15 is 0 Å². The lowest BCUT2D eigenvalue weighted by molar-refractivity contribution is 0.627. The summed E-state index contributed by atoms with van der Waals surface area (Å²) < 4.78 is 13.1. The van der Waals surface area contributed by atoms with Gasteiger partial charge < -0.3 is 10.6 Å². The lowest BCUT2D eigenvalue weighted by atomic mass is 10.2. The van der Waals surface area contributed by atoms with Gasteiger partial charge in [-0.1, -0.05) is 47.5 Å². The number of rotatable bonds is 5. The normalized spacial score (nSPS) is 10.8. The van der Waals surface area contributed by atoms with Gasteiger partial charge in [0.15, 0.2) is 0 Å². The van der Waals surface area contributed by atoms with Crippen LogP contribution in [-0.4, -0.2) is 9.97 Å². The van der Waals surface area contributed by atoms with Crippen LogP contribution < -0.4 is 10.6 Å². The minimum absolute atomic E-state index is 0.260. The summed E-state index contributed by atoms with van der Waals surface area (Å²) in [5, 5.41) is 8.28. The van der Waals surface area contributed by atoms with Gasteiger partial charge in [0, 0.05) is 17.6 Å². The largest absolute Gasteiger partial charge is 0.365 e. The van der Waals surface area contributed by atoms with E-state index in [1.807, 2.05) is 24.3 Å². The summed E-state index contributed by atoms with van der Waals surface area (Å²) in [6.45, 7) is 0.507. The molecule has 0 bridgehead atoms. The second kappa shape index (κ2) is 8.00. The quantitative estimate of drug-likeness (QED) is 0.396. The molecule has 0 amide bonds. The summed E-state index contributed by atoms with van der Waals surface area (Å²) in [5.41, 5.74) is 2.47. The molecule has 1 aromatic heterocycles. The van der Waals surface area contributed by atoms with Crippen LogP contribution in [-0.2, 0) is 6.54 Å². The summed E-state index contributed by atoms with van der Waals surface area (Å²) in [5.74, 6) is 0.848. The molecule has 0 saturated carbocycles. The lowest BCUT2D eigenvalue weighted by Gasteiger charge is -2.12. The van der Waals surface area contributed by atoms with Crippen molar-refractivity contribution >= 4 is 51.6 Å². The first-order valence-corrected chi connectivity index (χ1v) is 9.31. The van der Waals surface area contributed by atoms with Crippen molar-refractivity contribution in [3.63, 3.8) is 0 Å².